The lowest BCUT2D eigenvalue weighted by molar-refractivity contribution is -0.150. The van der Waals surface area contributed by atoms with Gasteiger partial charge in [-0.2, -0.15) is 0 Å². The molecule has 2 amide bonds. The fourth-order valence-electron chi connectivity index (χ4n) is 2.51. The summed E-state index contributed by atoms with van der Waals surface area (Å²) in [5, 5.41) is 0.574. The molecule has 0 radical (unpaired) electrons. The first-order chi connectivity index (χ1) is 12.1. The summed E-state index contributed by atoms with van der Waals surface area (Å²) in [7, 11) is 0. The summed E-state index contributed by atoms with van der Waals surface area (Å²) in [4.78, 5) is 38.3. The average Bonchev–Trinajstić information content (AvgIpc) is 2.85. The summed E-state index contributed by atoms with van der Waals surface area (Å²) in [5.74, 6) is -1.20. The second-order valence-corrected chi connectivity index (χ2v) is 7.29. The van der Waals surface area contributed by atoms with Gasteiger partial charge in [-0.15, -0.1) is 0 Å². The number of imide groups is 1. The minimum absolute atomic E-state index is 0.0690. The van der Waals surface area contributed by atoms with E-state index in [0.29, 0.717) is 10.6 Å². The van der Waals surface area contributed by atoms with Crippen molar-refractivity contribution in [2.45, 2.75) is 45.8 Å². The summed E-state index contributed by atoms with van der Waals surface area (Å²) >= 11 is 5.86. The van der Waals surface area contributed by atoms with Gasteiger partial charge in [0.2, 0.25) is 0 Å². The van der Waals surface area contributed by atoms with Gasteiger partial charge in [0.25, 0.3) is 5.91 Å². The zero-order valence-corrected chi connectivity index (χ0v) is 16.0. The molecule has 1 aliphatic rings. The lowest BCUT2D eigenvalue weighted by atomic mass is 10.1. The molecule has 1 saturated heterocycles. The van der Waals surface area contributed by atoms with Gasteiger partial charge in [-0.25, -0.2) is 14.5 Å². The smallest absolute Gasteiger partial charge is 0.418 e. The summed E-state index contributed by atoms with van der Waals surface area (Å²) in [5.41, 5.74) is 0.279. The number of ether oxygens (including phenoxy) is 2. The van der Waals surface area contributed by atoms with E-state index in [2.05, 4.69) is 0 Å². The van der Waals surface area contributed by atoms with Crippen LogP contribution in [0.1, 0.15) is 39.7 Å². The number of amides is 2. The van der Waals surface area contributed by atoms with Gasteiger partial charge in [0, 0.05) is 17.0 Å². The Kier molecular flexibility index (Phi) is 6.08. The maximum atomic E-state index is 12.7. The number of carbonyl (C=O) groups excluding carboxylic acids is 3. The molecule has 1 fully saturated rings. The third-order valence-corrected chi connectivity index (χ3v) is 3.83. The second kappa shape index (κ2) is 7.91. The van der Waals surface area contributed by atoms with Crippen LogP contribution in [0, 0.1) is 0 Å². The molecule has 6 nitrogen and oxygen atoms in total. The number of rotatable bonds is 3. The molecular formula is C19H22ClNO5. The largest absolute Gasteiger partial charge is 0.464 e. The molecule has 1 atom stereocenters. The number of benzene rings is 1. The molecule has 1 aromatic rings. The minimum atomic E-state index is -1.03. The molecule has 0 unspecified atom stereocenters. The summed E-state index contributed by atoms with van der Waals surface area (Å²) < 4.78 is 10.3. The Bertz CT molecular complexity index is 733. The number of carbonyl (C=O) groups is 3. The number of hydrogen-bond acceptors (Lipinski definition) is 5. The van der Waals surface area contributed by atoms with Crippen LogP contribution in [0.5, 0.6) is 0 Å². The highest BCUT2D eigenvalue weighted by Gasteiger charge is 2.46. The highest BCUT2D eigenvalue weighted by Crippen LogP contribution is 2.29. The van der Waals surface area contributed by atoms with Crippen molar-refractivity contribution in [2.75, 3.05) is 6.61 Å². The maximum Gasteiger partial charge on any atom is 0.418 e. The normalized spacial score (nSPS) is 19.0. The van der Waals surface area contributed by atoms with E-state index in [0.717, 1.165) is 10.5 Å². The van der Waals surface area contributed by atoms with E-state index in [1.165, 1.54) is 0 Å². The monoisotopic (exact) mass is 379 g/mol. The van der Waals surface area contributed by atoms with Gasteiger partial charge in [0.1, 0.15) is 11.6 Å². The Morgan fingerprint density at radius 1 is 1.27 bits per heavy atom. The quantitative estimate of drug-likeness (QED) is 0.589. The van der Waals surface area contributed by atoms with Crippen LogP contribution in [0.4, 0.5) is 4.79 Å². The van der Waals surface area contributed by atoms with Crippen molar-refractivity contribution in [3.63, 3.8) is 0 Å². The summed E-state index contributed by atoms with van der Waals surface area (Å²) in [6.45, 7) is 6.89. The molecule has 7 heteroatoms. The lowest BCUT2D eigenvalue weighted by Gasteiger charge is -2.26. The number of likely N-dealkylation sites (tertiary alicyclic amines) is 1. The van der Waals surface area contributed by atoms with E-state index in [4.69, 9.17) is 21.1 Å². The molecule has 1 aromatic carbocycles. The fourth-order valence-corrected chi connectivity index (χ4v) is 2.64. The molecule has 2 rings (SSSR count). The molecule has 1 heterocycles. The number of nitrogens with zero attached hydrogens (tertiary/aromatic N) is 1. The summed E-state index contributed by atoms with van der Waals surface area (Å²) in [6, 6.07) is 5.86. The van der Waals surface area contributed by atoms with Crippen molar-refractivity contribution < 1.29 is 23.9 Å². The molecule has 0 bridgehead atoms. The highest BCUT2D eigenvalue weighted by atomic mass is 35.5. The molecule has 0 aromatic heterocycles. The van der Waals surface area contributed by atoms with E-state index in [1.54, 1.807) is 58.0 Å². The standard InChI is InChI=1S/C19H22ClNO5/c1-5-25-17(23)15-11-13(10-12-6-8-14(20)9-7-12)16(22)21(15)18(24)26-19(2,3)4/h6-10,15H,5,11H2,1-4H3/t15-/m0/s1. The van der Waals surface area contributed by atoms with Crippen LogP contribution < -0.4 is 0 Å². The van der Waals surface area contributed by atoms with Gasteiger partial charge in [-0.1, -0.05) is 23.7 Å². The van der Waals surface area contributed by atoms with Crippen LogP contribution >= 0.6 is 11.6 Å². The lowest BCUT2D eigenvalue weighted by Crippen LogP contribution is -2.46. The molecule has 1 aliphatic heterocycles. The Labute approximate surface area is 157 Å². The van der Waals surface area contributed by atoms with Crippen molar-refractivity contribution >= 4 is 35.6 Å². The zero-order valence-electron chi connectivity index (χ0n) is 15.2. The van der Waals surface area contributed by atoms with Gasteiger partial charge >= 0.3 is 12.1 Å². The molecule has 26 heavy (non-hydrogen) atoms. The summed E-state index contributed by atoms with van der Waals surface area (Å²) in [6.07, 6.45) is 0.842. The van der Waals surface area contributed by atoms with Crippen LogP contribution in [0.15, 0.2) is 29.8 Å². The van der Waals surface area contributed by atoms with Crippen LogP contribution in [0.2, 0.25) is 5.02 Å². The molecule has 0 spiro atoms. The number of hydrogen-bond donors (Lipinski definition) is 0. The molecule has 0 aliphatic carbocycles. The predicted octanol–water partition coefficient (Wildman–Crippen LogP) is 3.82. The van der Waals surface area contributed by atoms with Crippen LogP contribution in [0.3, 0.4) is 0 Å². The second-order valence-electron chi connectivity index (χ2n) is 6.85. The number of esters is 1. The topological polar surface area (TPSA) is 72.9 Å². The SMILES string of the molecule is CCOC(=O)[C@@H]1CC(=Cc2ccc(Cl)cc2)C(=O)N1C(=O)OC(C)(C)C. The van der Waals surface area contributed by atoms with Crippen LogP contribution in [-0.2, 0) is 19.1 Å². The maximum absolute atomic E-state index is 12.7. The van der Waals surface area contributed by atoms with Gasteiger partial charge in [0.15, 0.2) is 0 Å². The van der Waals surface area contributed by atoms with E-state index in [9.17, 15) is 14.4 Å². The van der Waals surface area contributed by atoms with Gasteiger partial charge in [-0.3, -0.25) is 4.79 Å². The Hall–Kier alpha value is -2.34. The molecular weight excluding hydrogens is 358 g/mol. The average molecular weight is 380 g/mol. The highest BCUT2D eigenvalue weighted by molar-refractivity contribution is 6.30. The van der Waals surface area contributed by atoms with E-state index < -0.39 is 29.6 Å². The zero-order chi connectivity index (χ0) is 19.5. The van der Waals surface area contributed by atoms with Crippen LogP contribution in [-0.4, -0.2) is 41.1 Å². The number of halogens is 1. The molecule has 0 N–H and O–H groups in total. The first-order valence-corrected chi connectivity index (χ1v) is 8.69. The van der Waals surface area contributed by atoms with E-state index in [-0.39, 0.29) is 13.0 Å². The van der Waals surface area contributed by atoms with Crippen molar-refractivity contribution in [2.24, 2.45) is 0 Å². The first kappa shape index (κ1) is 20.0. The third-order valence-electron chi connectivity index (χ3n) is 3.58. The van der Waals surface area contributed by atoms with Crippen molar-refractivity contribution in [1.29, 1.82) is 0 Å². The molecule has 0 saturated carbocycles. The van der Waals surface area contributed by atoms with Crippen molar-refractivity contribution in [1.82, 2.24) is 4.90 Å². The third kappa shape index (κ3) is 4.85. The van der Waals surface area contributed by atoms with Crippen LogP contribution in [0.25, 0.3) is 6.08 Å². The Morgan fingerprint density at radius 3 is 2.42 bits per heavy atom. The fraction of sp³-hybridized carbons (Fsp3) is 0.421. The van der Waals surface area contributed by atoms with Gasteiger partial charge < -0.3 is 9.47 Å². The Morgan fingerprint density at radius 2 is 1.88 bits per heavy atom. The first-order valence-electron chi connectivity index (χ1n) is 8.31. The van der Waals surface area contributed by atoms with Crippen molar-refractivity contribution in [3.05, 3.63) is 40.4 Å². The minimum Gasteiger partial charge on any atom is -0.464 e. The molecule has 140 valence electrons. The van der Waals surface area contributed by atoms with E-state index in [1.807, 2.05) is 0 Å². The Balaban J connectivity index is 2.34. The van der Waals surface area contributed by atoms with Gasteiger partial charge in [0.05, 0.1) is 6.61 Å². The predicted molar refractivity (Wildman–Crippen MR) is 97.5 cm³/mol. The van der Waals surface area contributed by atoms with Crippen molar-refractivity contribution in [3.8, 4) is 0 Å². The van der Waals surface area contributed by atoms with E-state index >= 15 is 0 Å². The van der Waals surface area contributed by atoms with Gasteiger partial charge in [-0.05, 0) is 51.5 Å².